The van der Waals surface area contributed by atoms with Crippen LogP contribution in [-0.2, 0) is 42.0 Å². The highest BCUT2D eigenvalue weighted by Crippen LogP contribution is 2.50. The molecule has 0 aliphatic carbocycles. The van der Waals surface area contributed by atoms with E-state index in [4.69, 9.17) is 0 Å². The van der Waals surface area contributed by atoms with Crippen molar-refractivity contribution < 1.29 is 52.7 Å². The van der Waals surface area contributed by atoms with Crippen LogP contribution in [0.15, 0.2) is 261 Å². The zero-order chi connectivity index (χ0) is 85.2. The van der Waals surface area contributed by atoms with Crippen LogP contribution in [0.3, 0.4) is 0 Å². The van der Waals surface area contributed by atoms with Crippen molar-refractivity contribution in [2.45, 2.75) is 111 Å². The summed E-state index contributed by atoms with van der Waals surface area (Å²) in [5.41, 5.74) is 11.0. The number of hydrogen-bond donors (Lipinski definition) is 0. The first-order chi connectivity index (χ1) is 57.4. The fourth-order valence-corrected chi connectivity index (χ4v) is 17.8. The second-order valence-electron chi connectivity index (χ2n) is 33.6. The Morgan fingerprint density at radius 2 is 0.595 bits per heavy atom. The number of nitriles is 2. The maximum Gasteiger partial charge on any atom is 0.416 e. The van der Waals surface area contributed by atoms with E-state index >= 15 is 0 Å². The molecule has 0 atom stereocenters. The Kier molecular flexibility index (Phi) is 18.4. The van der Waals surface area contributed by atoms with Crippen molar-refractivity contribution in [3.05, 3.63) is 333 Å². The van der Waals surface area contributed by atoms with Gasteiger partial charge in [0.25, 0.3) is 0 Å². The molecule has 18 heteroatoms. The average molecular weight is 1620 g/mol. The third-order valence-electron chi connectivity index (χ3n) is 24.0. The van der Waals surface area contributed by atoms with E-state index in [0.29, 0.717) is 63.4 Å². The van der Waals surface area contributed by atoms with E-state index in [2.05, 4.69) is 126 Å². The van der Waals surface area contributed by atoms with E-state index in [1.807, 2.05) is 119 Å². The minimum Gasteiger partial charge on any atom is -0.309 e. The summed E-state index contributed by atoms with van der Waals surface area (Å²) in [6.45, 7) is 18.7. The topological polar surface area (TPSA) is 67.3 Å². The molecule has 600 valence electrons. The Hall–Kier alpha value is -13.6. The standard InChI is InChI=1S/C103H74F12N6/c1-57-14-27-87-77(38-57)78-39-58(2)15-28-88(78)118(87)92-32-21-64(66-45-70(100(104,105)106)51-71(46-66)101(107,108)109)50-83(92)76-26-19-63(56-117)44-97(76)121-90-30-17-59(3)40-79(90)81-42-61(20-31-91(81)121)36-37-99(8,9)69-24-35-94-84(54-69)74-12-10-11-13-86(74)120(94)96-43-62(55-116)18-25-75(96)82-49-65(67-47-72(102(110,111)112)52-73(48-67)103(113,114)115)22-33-93(82)119-89-29-16-60(4)41-80(89)85-53-68(98(5,6)7)23-34-95(85)119/h10-35,38-54H,36-37H2,1-9H3. The van der Waals surface area contributed by atoms with Gasteiger partial charge in [0.15, 0.2) is 0 Å². The maximum absolute atomic E-state index is 14.8. The van der Waals surface area contributed by atoms with Crippen LogP contribution in [0.4, 0.5) is 52.7 Å². The lowest BCUT2D eigenvalue weighted by Gasteiger charge is -2.26. The molecule has 0 aliphatic heterocycles. The molecule has 4 heterocycles. The molecule has 6 nitrogen and oxygen atoms in total. The number of fused-ring (bicyclic) bond motifs is 12. The van der Waals surface area contributed by atoms with Crippen molar-refractivity contribution in [2.24, 2.45) is 0 Å². The minimum atomic E-state index is -5.12. The van der Waals surface area contributed by atoms with Crippen molar-refractivity contribution in [1.82, 2.24) is 18.3 Å². The highest BCUT2D eigenvalue weighted by molar-refractivity contribution is 6.15. The van der Waals surface area contributed by atoms with Crippen LogP contribution >= 0.6 is 0 Å². The number of alkyl halides is 12. The van der Waals surface area contributed by atoms with Gasteiger partial charge in [-0.05, 0) is 266 Å². The van der Waals surface area contributed by atoms with Gasteiger partial charge in [0, 0.05) is 65.3 Å². The molecule has 0 unspecified atom stereocenters. The fraction of sp³-hybridized carbons (Fsp3) is 0.165. The first-order valence-corrected chi connectivity index (χ1v) is 39.5. The zero-order valence-corrected chi connectivity index (χ0v) is 67.0. The lowest BCUT2D eigenvalue weighted by Crippen LogP contribution is -2.18. The third kappa shape index (κ3) is 13.8. The summed E-state index contributed by atoms with van der Waals surface area (Å²) in [7, 11) is 0. The summed E-state index contributed by atoms with van der Waals surface area (Å²) in [5.74, 6) is 0. The number of para-hydroxylation sites is 1. The summed E-state index contributed by atoms with van der Waals surface area (Å²) < 4.78 is 185. The quantitative estimate of drug-likeness (QED) is 0.114. The molecule has 0 bridgehead atoms. The molecule has 0 amide bonds. The van der Waals surface area contributed by atoms with E-state index in [0.717, 1.165) is 150 Å². The number of rotatable bonds is 12. The molecule has 4 aromatic heterocycles. The van der Waals surface area contributed by atoms with Crippen molar-refractivity contribution in [1.29, 1.82) is 10.5 Å². The molecule has 0 N–H and O–H groups in total. The van der Waals surface area contributed by atoms with E-state index < -0.39 is 52.4 Å². The molecular formula is C103H74F12N6. The maximum atomic E-state index is 14.8. The molecule has 0 aliphatic rings. The molecule has 0 fully saturated rings. The second-order valence-corrected chi connectivity index (χ2v) is 33.6. The van der Waals surface area contributed by atoms with Gasteiger partial charge in [0.1, 0.15) is 0 Å². The summed E-state index contributed by atoms with van der Waals surface area (Å²) in [6, 6.07) is 79.3. The van der Waals surface area contributed by atoms with Crippen molar-refractivity contribution in [2.75, 3.05) is 0 Å². The SMILES string of the molecule is Cc1ccc2c(c1)c1cc(C)ccc1n2-c1ccc(-c2cc(C(F)(F)F)cc(C(F)(F)F)c2)cc1-c1ccc(C#N)cc1-n1c2ccc(C)cc2c2cc(CCC(C)(C)c3ccc4c(c3)c3ccccc3n4-c3cc(C#N)ccc3-c3cc(-c4cc(C(F)(F)F)cc(C(F)(F)F)c4)ccc3-n3c4ccc(C)cc4c4cc(C(C)(C)C)ccc43)ccc21. The summed E-state index contributed by atoms with van der Waals surface area (Å²) >= 11 is 0. The molecular weight excluding hydrogens is 1550 g/mol. The molecule has 18 aromatic rings. The van der Waals surface area contributed by atoms with Gasteiger partial charge in [-0.15, -0.1) is 0 Å². The highest BCUT2D eigenvalue weighted by atomic mass is 19.4. The molecule has 0 spiro atoms. The van der Waals surface area contributed by atoms with E-state index in [1.165, 1.54) is 0 Å². The smallest absolute Gasteiger partial charge is 0.309 e. The van der Waals surface area contributed by atoms with Crippen molar-refractivity contribution in [3.63, 3.8) is 0 Å². The Labute approximate surface area is 688 Å². The first-order valence-electron chi connectivity index (χ1n) is 39.5. The van der Waals surface area contributed by atoms with Crippen molar-refractivity contribution >= 4 is 87.2 Å². The van der Waals surface area contributed by atoms with Gasteiger partial charge in [0.2, 0.25) is 0 Å². The molecule has 0 radical (unpaired) electrons. The summed E-state index contributed by atoms with van der Waals surface area (Å²) in [6.07, 6.45) is -19.3. The van der Waals surface area contributed by atoms with Crippen LogP contribution in [0.2, 0.25) is 0 Å². The lowest BCUT2D eigenvalue weighted by molar-refractivity contribution is -0.144. The predicted molar refractivity (Wildman–Crippen MR) is 460 cm³/mol. The van der Waals surface area contributed by atoms with Gasteiger partial charge in [-0.3, -0.25) is 0 Å². The number of hydrogen-bond acceptors (Lipinski definition) is 2. The fourth-order valence-electron chi connectivity index (χ4n) is 17.8. The molecule has 0 saturated carbocycles. The molecule has 14 aromatic carbocycles. The second kappa shape index (κ2) is 28.3. The predicted octanol–water partition coefficient (Wildman–Crippen LogP) is 30.0. The third-order valence-corrected chi connectivity index (χ3v) is 24.0. The van der Waals surface area contributed by atoms with Gasteiger partial charge in [-0.1, -0.05) is 142 Å². The Morgan fingerprint density at radius 1 is 0.264 bits per heavy atom. The van der Waals surface area contributed by atoms with Gasteiger partial charge in [-0.2, -0.15) is 63.2 Å². The average Bonchev–Trinajstić information content (AvgIpc) is 1.59. The van der Waals surface area contributed by atoms with E-state index in [9.17, 15) is 63.2 Å². The van der Waals surface area contributed by atoms with E-state index in [-0.39, 0.29) is 45.4 Å². The first kappa shape index (κ1) is 78.6. The van der Waals surface area contributed by atoms with Crippen LogP contribution < -0.4 is 0 Å². The molecule has 121 heavy (non-hydrogen) atoms. The van der Waals surface area contributed by atoms with Crippen molar-refractivity contribution in [3.8, 4) is 79.4 Å². The zero-order valence-electron chi connectivity index (χ0n) is 67.0. The Balaban J connectivity index is 0.762. The monoisotopic (exact) mass is 1620 g/mol. The van der Waals surface area contributed by atoms with Gasteiger partial charge < -0.3 is 18.3 Å². The molecule has 18 rings (SSSR count). The Bertz CT molecular complexity index is 7370. The normalized spacial score (nSPS) is 12.7. The minimum absolute atomic E-state index is 0.0849. The number of benzene rings is 14. The molecule has 0 saturated heterocycles. The number of aromatic nitrogens is 4. The van der Waals surface area contributed by atoms with E-state index in [1.54, 1.807) is 72.8 Å². The highest BCUT2D eigenvalue weighted by Gasteiger charge is 2.40. The lowest BCUT2D eigenvalue weighted by atomic mass is 9.79. The van der Waals surface area contributed by atoms with Gasteiger partial charge in [-0.25, -0.2) is 0 Å². The number of aryl methyl sites for hydroxylation is 5. The van der Waals surface area contributed by atoms with Gasteiger partial charge in [0.05, 0.1) is 112 Å². The summed E-state index contributed by atoms with van der Waals surface area (Å²) in [4.78, 5) is 0. The largest absolute Gasteiger partial charge is 0.416 e. The summed E-state index contributed by atoms with van der Waals surface area (Å²) in [5, 5.41) is 28.9. The number of halogens is 12. The Morgan fingerprint density at radius 3 is 0.983 bits per heavy atom. The van der Waals surface area contributed by atoms with Crippen LogP contribution in [0.25, 0.3) is 154 Å². The van der Waals surface area contributed by atoms with Crippen LogP contribution in [-0.4, -0.2) is 18.3 Å². The van der Waals surface area contributed by atoms with Crippen LogP contribution in [0.5, 0.6) is 0 Å². The van der Waals surface area contributed by atoms with Gasteiger partial charge >= 0.3 is 24.7 Å². The number of nitrogens with zero attached hydrogens (tertiary/aromatic N) is 6. The van der Waals surface area contributed by atoms with Crippen LogP contribution in [0.1, 0.15) is 113 Å². The van der Waals surface area contributed by atoms with Crippen LogP contribution in [0, 0.1) is 50.4 Å².